The van der Waals surface area contributed by atoms with Crippen LogP contribution in [-0.4, -0.2) is 22.5 Å². The molecule has 20 heavy (non-hydrogen) atoms. The first kappa shape index (κ1) is 14.1. The minimum absolute atomic E-state index is 0.157. The number of carbonyl (C=O) groups is 1. The lowest BCUT2D eigenvalue weighted by molar-refractivity contribution is -0.116. The summed E-state index contributed by atoms with van der Waals surface area (Å²) in [5.41, 5.74) is 6.25. The Morgan fingerprint density at radius 3 is 2.90 bits per heavy atom. The van der Waals surface area contributed by atoms with Gasteiger partial charge in [-0.3, -0.25) is 10.1 Å². The monoisotopic (exact) mass is 292 g/mol. The van der Waals surface area contributed by atoms with Gasteiger partial charge in [-0.2, -0.15) is 0 Å². The van der Waals surface area contributed by atoms with Crippen molar-refractivity contribution in [2.24, 2.45) is 0 Å². The van der Waals surface area contributed by atoms with Crippen LogP contribution in [-0.2, 0) is 4.79 Å². The summed E-state index contributed by atoms with van der Waals surface area (Å²) >= 11 is 5.69. The van der Waals surface area contributed by atoms with Gasteiger partial charge in [-0.1, -0.05) is 23.7 Å². The first-order valence-electron chi connectivity index (χ1n) is 5.91. The van der Waals surface area contributed by atoms with Crippen LogP contribution >= 0.6 is 11.6 Å². The zero-order chi connectivity index (χ0) is 14.4. The topological polar surface area (TPSA) is 90.1 Å². The largest absolute Gasteiger partial charge is 0.491 e. The molecule has 0 aliphatic rings. The first-order chi connectivity index (χ1) is 9.65. The van der Waals surface area contributed by atoms with Crippen molar-refractivity contribution in [1.29, 1.82) is 0 Å². The van der Waals surface area contributed by atoms with Gasteiger partial charge in [0, 0.05) is 6.20 Å². The third kappa shape index (κ3) is 4.10. The van der Waals surface area contributed by atoms with Gasteiger partial charge in [0.2, 0.25) is 11.9 Å². The predicted molar refractivity (Wildman–Crippen MR) is 76.6 cm³/mol. The van der Waals surface area contributed by atoms with Crippen LogP contribution in [0.2, 0.25) is 5.15 Å². The number of hydrogen-bond donors (Lipinski definition) is 2. The minimum atomic E-state index is -0.262. The molecule has 1 amide bonds. The third-order valence-corrected chi connectivity index (χ3v) is 2.59. The van der Waals surface area contributed by atoms with Crippen LogP contribution in [0.4, 0.5) is 11.6 Å². The molecular weight excluding hydrogens is 280 g/mol. The molecule has 0 atom stereocenters. The summed E-state index contributed by atoms with van der Waals surface area (Å²) in [7, 11) is 0. The van der Waals surface area contributed by atoms with E-state index in [9.17, 15) is 4.79 Å². The van der Waals surface area contributed by atoms with Crippen LogP contribution in [0, 0.1) is 0 Å². The van der Waals surface area contributed by atoms with Crippen molar-refractivity contribution in [2.45, 2.75) is 6.42 Å². The number of anilines is 2. The second-order valence-electron chi connectivity index (χ2n) is 3.89. The normalized spacial score (nSPS) is 10.1. The van der Waals surface area contributed by atoms with Crippen molar-refractivity contribution in [2.75, 3.05) is 17.7 Å². The maximum absolute atomic E-state index is 11.7. The maximum Gasteiger partial charge on any atom is 0.230 e. The highest BCUT2D eigenvalue weighted by Gasteiger charge is 2.06. The Morgan fingerprint density at radius 1 is 1.35 bits per heavy atom. The number of aromatic nitrogens is 2. The molecule has 2 aromatic rings. The molecule has 1 aromatic heterocycles. The van der Waals surface area contributed by atoms with Gasteiger partial charge in [0.25, 0.3) is 0 Å². The molecule has 1 aromatic carbocycles. The molecular formula is C13H13ClN4O2. The van der Waals surface area contributed by atoms with E-state index in [1.807, 2.05) is 12.1 Å². The molecule has 0 bridgehead atoms. The third-order valence-electron chi connectivity index (χ3n) is 2.38. The van der Waals surface area contributed by atoms with Crippen molar-refractivity contribution in [1.82, 2.24) is 9.97 Å². The second-order valence-corrected chi connectivity index (χ2v) is 4.27. The number of halogens is 1. The van der Waals surface area contributed by atoms with Gasteiger partial charge < -0.3 is 10.5 Å². The van der Waals surface area contributed by atoms with Crippen LogP contribution in [0.15, 0.2) is 36.5 Å². The van der Waals surface area contributed by atoms with Crippen LogP contribution in [0.25, 0.3) is 0 Å². The van der Waals surface area contributed by atoms with Crippen molar-refractivity contribution in [3.8, 4) is 5.75 Å². The number of nitrogens with two attached hydrogens (primary N) is 1. The Hall–Kier alpha value is -2.34. The fraction of sp³-hybridized carbons (Fsp3) is 0.154. The molecule has 3 N–H and O–H groups in total. The molecule has 0 unspecified atom stereocenters. The second kappa shape index (κ2) is 6.72. The highest BCUT2D eigenvalue weighted by Crippen LogP contribution is 2.19. The number of nitrogens with zero attached hydrogens (tertiary/aromatic N) is 2. The lowest BCUT2D eigenvalue weighted by atomic mass is 10.3. The molecule has 0 aliphatic carbocycles. The Balaban J connectivity index is 1.80. The van der Waals surface area contributed by atoms with Crippen LogP contribution < -0.4 is 15.8 Å². The summed E-state index contributed by atoms with van der Waals surface area (Å²) in [6, 6.07) is 8.62. The van der Waals surface area contributed by atoms with Gasteiger partial charge in [0.05, 0.1) is 18.7 Å². The molecule has 0 spiro atoms. The summed E-state index contributed by atoms with van der Waals surface area (Å²) in [4.78, 5) is 19.4. The lowest BCUT2D eigenvalue weighted by Crippen LogP contribution is -2.17. The average molecular weight is 293 g/mol. The number of benzene rings is 1. The molecule has 0 fully saturated rings. The van der Waals surface area contributed by atoms with Gasteiger partial charge in [-0.15, -0.1) is 0 Å². The number of para-hydroxylation sites is 2. The van der Waals surface area contributed by atoms with E-state index in [1.165, 1.54) is 12.3 Å². The number of nitrogen functional groups attached to an aromatic ring is 1. The van der Waals surface area contributed by atoms with Crippen LogP contribution in [0.3, 0.4) is 0 Å². The van der Waals surface area contributed by atoms with E-state index < -0.39 is 0 Å². The van der Waals surface area contributed by atoms with Crippen molar-refractivity contribution < 1.29 is 9.53 Å². The minimum Gasteiger partial charge on any atom is -0.491 e. The highest BCUT2D eigenvalue weighted by atomic mass is 35.5. The number of carbonyl (C=O) groups excluding carboxylic acids is 1. The molecule has 0 aliphatic heterocycles. The quantitative estimate of drug-likeness (QED) is 0.651. The summed E-state index contributed by atoms with van der Waals surface area (Å²) in [5.74, 6) is 0.461. The van der Waals surface area contributed by atoms with Crippen molar-refractivity contribution in [3.63, 3.8) is 0 Å². The summed E-state index contributed by atoms with van der Waals surface area (Å²) < 4.78 is 5.42. The Kier molecular flexibility index (Phi) is 4.73. The van der Waals surface area contributed by atoms with Gasteiger partial charge >= 0.3 is 0 Å². The van der Waals surface area contributed by atoms with Crippen LogP contribution in [0.1, 0.15) is 6.42 Å². The zero-order valence-corrected chi connectivity index (χ0v) is 11.3. The molecule has 6 nitrogen and oxygen atoms in total. The number of rotatable bonds is 5. The zero-order valence-electron chi connectivity index (χ0n) is 10.5. The summed E-state index contributed by atoms with van der Waals surface area (Å²) in [6.07, 6.45) is 1.62. The van der Waals surface area contributed by atoms with Gasteiger partial charge in [0.1, 0.15) is 10.9 Å². The number of amides is 1. The molecule has 0 saturated heterocycles. The van der Waals surface area contributed by atoms with Crippen molar-refractivity contribution >= 4 is 29.1 Å². The molecule has 0 radical (unpaired) electrons. The summed E-state index contributed by atoms with van der Waals surface area (Å²) in [5, 5.41) is 2.79. The highest BCUT2D eigenvalue weighted by molar-refractivity contribution is 6.29. The van der Waals surface area contributed by atoms with E-state index in [1.54, 1.807) is 12.1 Å². The average Bonchev–Trinajstić information content (AvgIpc) is 2.41. The first-order valence-corrected chi connectivity index (χ1v) is 6.28. The van der Waals surface area contributed by atoms with E-state index in [4.69, 9.17) is 22.1 Å². The van der Waals surface area contributed by atoms with Gasteiger partial charge in [0.15, 0.2) is 0 Å². The van der Waals surface area contributed by atoms with E-state index in [0.717, 1.165) is 0 Å². The molecule has 2 rings (SSSR count). The fourth-order valence-corrected chi connectivity index (χ4v) is 1.59. The summed E-state index contributed by atoms with van der Waals surface area (Å²) in [6.45, 7) is 0.209. The predicted octanol–water partition coefficient (Wildman–Crippen LogP) is 2.12. The molecule has 0 saturated carbocycles. The van der Waals surface area contributed by atoms with Crippen molar-refractivity contribution in [3.05, 3.63) is 41.7 Å². The lowest BCUT2D eigenvalue weighted by Gasteiger charge is -2.08. The molecule has 1 heterocycles. The Bertz CT molecular complexity index is 606. The van der Waals surface area contributed by atoms with Gasteiger partial charge in [-0.25, -0.2) is 9.97 Å². The number of hydrogen-bond acceptors (Lipinski definition) is 5. The van der Waals surface area contributed by atoms with Crippen LogP contribution in [0.5, 0.6) is 5.75 Å². The Labute approximate surface area is 120 Å². The maximum atomic E-state index is 11.7. The standard InChI is InChI=1S/C13H13ClN4O2/c14-11-5-7-16-13(17-11)18-12(19)6-8-20-10-4-2-1-3-9(10)15/h1-5,7H,6,8,15H2,(H,16,17,18,19). The fourth-order valence-electron chi connectivity index (χ4n) is 1.45. The number of nitrogens with one attached hydrogen (secondary N) is 1. The van der Waals surface area contributed by atoms with E-state index in [2.05, 4.69) is 15.3 Å². The van der Waals surface area contributed by atoms with Gasteiger partial charge in [-0.05, 0) is 18.2 Å². The number of ether oxygens (including phenoxy) is 1. The smallest absolute Gasteiger partial charge is 0.230 e. The molecule has 7 heteroatoms. The van der Waals surface area contributed by atoms with E-state index >= 15 is 0 Å². The molecule has 104 valence electrons. The Morgan fingerprint density at radius 2 is 2.15 bits per heavy atom. The SMILES string of the molecule is Nc1ccccc1OCCC(=O)Nc1nccc(Cl)n1. The van der Waals surface area contributed by atoms with E-state index in [0.29, 0.717) is 11.4 Å². The van der Waals surface area contributed by atoms with E-state index in [-0.39, 0.29) is 30.0 Å².